The van der Waals surface area contributed by atoms with Crippen molar-refractivity contribution in [1.82, 2.24) is 14.5 Å². The molecule has 0 amide bonds. The zero-order chi connectivity index (χ0) is 13.4. The fourth-order valence-corrected chi connectivity index (χ4v) is 2.91. The number of fused-ring (bicyclic) bond motifs is 1. The summed E-state index contributed by atoms with van der Waals surface area (Å²) in [5, 5.41) is 2.62. The molecule has 0 aliphatic heterocycles. The second kappa shape index (κ2) is 4.66. The average molecular weight is 272 g/mol. The number of hydrogen-bond donors (Lipinski definition) is 1. The van der Waals surface area contributed by atoms with Gasteiger partial charge < -0.3 is 10.3 Å². The predicted molar refractivity (Wildman–Crippen MR) is 79.5 cm³/mol. The van der Waals surface area contributed by atoms with Crippen molar-refractivity contribution in [3.8, 4) is 0 Å². The smallest absolute Gasteiger partial charge is 0.180 e. The van der Waals surface area contributed by atoms with Gasteiger partial charge in [-0.2, -0.15) is 0 Å². The third-order valence-electron chi connectivity index (χ3n) is 3.21. The molecule has 5 heteroatoms. The van der Waals surface area contributed by atoms with Gasteiger partial charge in [-0.05, 0) is 31.5 Å². The van der Waals surface area contributed by atoms with Crippen LogP contribution in [0.5, 0.6) is 0 Å². The van der Waals surface area contributed by atoms with Crippen LogP contribution in [-0.2, 0) is 13.0 Å². The number of rotatable bonds is 3. The summed E-state index contributed by atoms with van der Waals surface area (Å²) in [6.07, 6.45) is 0.731. The number of aromatic nitrogens is 3. The second-order valence-electron chi connectivity index (χ2n) is 4.62. The van der Waals surface area contributed by atoms with Crippen LogP contribution in [0.1, 0.15) is 24.0 Å². The maximum Gasteiger partial charge on any atom is 0.180 e. The van der Waals surface area contributed by atoms with E-state index in [4.69, 9.17) is 10.7 Å². The molecule has 98 valence electrons. The molecule has 0 fully saturated rings. The van der Waals surface area contributed by atoms with E-state index < -0.39 is 0 Å². The maximum atomic E-state index is 5.68. The van der Waals surface area contributed by atoms with Crippen molar-refractivity contribution in [2.24, 2.45) is 0 Å². The quantitative estimate of drug-likeness (QED) is 0.797. The number of nitrogens with two attached hydrogens (primary N) is 1. The molecule has 0 saturated carbocycles. The molecule has 0 spiro atoms. The van der Waals surface area contributed by atoms with Crippen LogP contribution in [0.15, 0.2) is 23.6 Å². The second-order valence-corrected chi connectivity index (χ2v) is 5.51. The van der Waals surface area contributed by atoms with Crippen LogP contribution < -0.4 is 5.73 Å². The first-order chi connectivity index (χ1) is 9.17. The summed E-state index contributed by atoms with van der Waals surface area (Å²) < 4.78 is 2.24. The van der Waals surface area contributed by atoms with E-state index in [2.05, 4.69) is 41.6 Å². The largest absolute Gasteiger partial charge is 0.375 e. The lowest BCUT2D eigenvalue weighted by molar-refractivity contribution is 0.730. The Kier molecular flexibility index (Phi) is 2.98. The fraction of sp³-hybridized carbons (Fsp3) is 0.286. The monoisotopic (exact) mass is 272 g/mol. The maximum absolute atomic E-state index is 5.68. The van der Waals surface area contributed by atoms with Crippen LogP contribution in [0.4, 0.5) is 5.13 Å². The Labute approximate surface area is 115 Å². The fourth-order valence-electron chi connectivity index (χ4n) is 2.34. The van der Waals surface area contributed by atoms with Crippen molar-refractivity contribution in [3.05, 3.63) is 40.7 Å². The van der Waals surface area contributed by atoms with E-state index in [1.54, 1.807) is 0 Å². The number of thiazole rings is 1. The van der Waals surface area contributed by atoms with Gasteiger partial charge in [0, 0.05) is 18.3 Å². The highest BCUT2D eigenvalue weighted by Gasteiger charge is 2.11. The Morgan fingerprint density at radius 3 is 2.84 bits per heavy atom. The SMILES string of the molecule is CCn1c(Cc2csc(N)n2)nc2cc(C)ccc21. The summed E-state index contributed by atoms with van der Waals surface area (Å²) in [6.45, 7) is 5.14. The van der Waals surface area contributed by atoms with Crippen LogP contribution in [0.25, 0.3) is 11.0 Å². The minimum absolute atomic E-state index is 0.616. The Morgan fingerprint density at radius 2 is 2.16 bits per heavy atom. The number of anilines is 1. The van der Waals surface area contributed by atoms with Crippen LogP contribution >= 0.6 is 11.3 Å². The van der Waals surface area contributed by atoms with Crippen molar-refractivity contribution in [2.75, 3.05) is 5.73 Å². The molecule has 0 bridgehead atoms. The molecule has 1 aromatic carbocycles. The number of benzene rings is 1. The number of aryl methyl sites for hydroxylation is 2. The lowest BCUT2D eigenvalue weighted by Gasteiger charge is -2.04. The third-order valence-corrected chi connectivity index (χ3v) is 3.93. The van der Waals surface area contributed by atoms with Gasteiger partial charge in [-0.1, -0.05) is 6.07 Å². The molecule has 0 saturated heterocycles. The Morgan fingerprint density at radius 1 is 1.32 bits per heavy atom. The predicted octanol–water partition coefficient (Wildman–Crippen LogP) is 2.99. The topological polar surface area (TPSA) is 56.7 Å². The average Bonchev–Trinajstić information content (AvgIpc) is 2.92. The summed E-state index contributed by atoms with van der Waals surface area (Å²) in [7, 11) is 0. The van der Waals surface area contributed by atoms with Gasteiger partial charge in [-0.3, -0.25) is 0 Å². The lowest BCUT2D eigenvalue weighted by Crippen LogP contribution is -2.03. The molecule has 3 aromatic rings. The van der Waals surface area contributed by atoms with Gasteiger partial charge in [0.05, 0.1) is 16.7 Å². The first-order valence-corrected chi connectivity index (χ1v) is 7.21. The standard InChI is InChI=1S/C14H16N4S/c1-3-18-12-5-4-9(2)6-11(12)17-13(18)7-10-8-19-14(15)16-10/h4-6,8H,3,7H2,1-2H3,(H2,15,16). The van der Waals surface area contributed by atoms with Gasteiger partial charge in [0.2, 0.25) is 0 Å². The highest BCUT2D eigenvalue weighted by molar-refractivity contribution is 7.13. The van der Waals surface area contributed by atoms with E-state index in [-0.39, 0.29) is 0 Å². The molecule has 2 aromatic heterocycles. The van der Waals surface area contributed by atoms with Crippen molar-refractivity contribution >= 4 is 27.5 Å². The summed E-state index contributed by atoms with van der Waals surface area (Å²) in [4.78, 5) is 9.05. The van der Waals surface area contributed by atoms with E-state index in [9.17, 15) is 0 Å². The van der Waals surface area contributed by atoms with Gasteiger partial charge >= 0.3 is 0 Å². The van der Waals surface area contributed by atoms with E-state index in [1.165, 1.54) is 22.4 Å². The Balaban J connectivity index is 2.07. The molecular formula is C14H16N4S. The normalized spacial score (nSPS) is 11.3. The number of nitrogen functional groups attached to an aromatic ring is 1. The number of hydrogen-bond acceptors (Lipinski definition) is 4. The minimum Gasteiger partial charge on any atom is -0.375 e. The van der Waals surface area contributed by atoms with Crippen molar-refractivity contribution in [3.63, 3.8) is 0 Å². The minimum atomic E-state index is 0.616. The first-order valence-electron chi connectivity index (χ1n) is 6.33. The van der Waals surface area contributed by atoms with Crippen molar-refractivity contribution in [2.45, 2.75) is 26.8 Å². The van der Waals surface area contributed by atoms with Gasteiger partial charge in [0.15, 0.2) is 5.13 Å². The zero-order valence-electron chi connectivity index (χ0n) is 11.1. The summed E-state index contributed by atoms with van der Waals surface area (Å²) in [6, 6.07) is 6.39. The molecule has 0 radical (unpaired) electrons. The molecule has 2 heterocycles. The summed E-state index contributed by atoms with van der Waals surface area (Å²) in [5.74, 6) is 1.05. The van der Waals surface area contributed by atoms with Crippen molar-refractivity contribution < 1.29 is 0 Å². The van der Waals surface area contributed by atoms with E-state index in [0.29, 0.717) is 5.13 Å². The van der Waals surface area contributed by atoms with Crippen LogP contribution in [0.2, 0.25) is 0 Å². The molecule has 0 aliphatic carbocycles. The molecule has 0 aliphatic rings. The Hall–Kier alpha value is -1.88. The van der Waals surface area contributed by atoms with Crippen LogP contribution in [0, 0.1) is 6.92 Å². The molecule has 0 unspecified atom stereocenters. The number of imidazole rings is 1. The third kappa shape index (κ3) is 2.21. The van der Waals surface area contributed by atoms with E-state index >= 15 is 0 Å². The van der Waals surface area contributed by atoms with Gasteiger partial charge in [0.25, 0.3) is 0 Å². The summed E-state index contributed by atoms with van der Waals surface area (Å²) >= 11 is 1.48. The molecule has 2 N–H and O–H groups in total. The molecule has 0 atom stereocenters. The van der Waals surface area contributed by atoms with Crippen molar-refractivity contribution in [1.29, 1.82) is 0 Å². The molecular weight excluding hydrogens is 256 g/mol. The van der Waals surface area contributed by atoms with Gasteiger partial charge in [0.1, 0.15) is 5.82 Å². The first kappa shape index (κ1) is 12.2. The number of nitrogens with zero attached hydrogens (tertiary/aromatic N) is 3. The van der Waals surface area contributed by atoms with Gasteiger partial charge in [-0.15, -0.1) is 11.3 Å². The van der Waals surface area contributed by atoms with Gasteiger partial charge in [-0.25, -0.2) is 9.97 Å². The Bertz CT molecular complexity index is 726. The van der Waals surface area contributed by atoms with Crippen LogP contribution in [0.3, 0.4) is 0 Å². The summed E-state index contributed by atoms with van der Waals surface area (Å²) in [5.41, 5.74) is 10.1. The highest BCUT2D eigenvalue weighted by atomic mass is 32.1. The molecule has 3 rings (SSSR count). The van der Waals surface area contributed by atoms with E-state index in [0.717, 1.165) is 30.0 Å². The highest BCUT2D eigenvalue weighted by Crippen LogP contribution is 2.21. The van der Waals surface area contributed by atoms with E-state index in [1.807, 2.05) is 5.38 Å². The molecule has 19 heavy (non-hydrogen) atoms. The molecule has 4 nitrogen and oxygen atoms in total. The van der Waals surface area contributed by atoms with Crippen LogP contribution in [-0.4, -0.2) is 14.5 Å². The zero-order valence-corrected chi connectivity index (χ0v) is 11.9. The lowest BCUT2D eigenvalue weighted by atomic mass is 10.2.